The third-order valence-electron chi connectivity index (χ3n) is 4.00. The van der Waals surface area contributed by atoms with Crippen LogP contribution in [0.4, 0.5) is 4.39 Å². The van der Waals surface area contributed by atoms with E-state index in [2.05, 4.69) is 4.72 Å². The molecule has 1 N–H and O–H groups in total. The Balaban J connectivity index is 2.30. The topological polar surface area (TPSA) is 55.4 Å². The van der Waals surface area contributed by atoms with Gasteiger partial charge in [-0.1, -0.05) is 35.9 Å². The standard InChI is InChI=1S/C17H19ClFNO3S/c1-12-14(18)8-6-10-16(12)24(21,22)20-11-17(2,23-3)13-7-4-5-9-15(13)19/h4-10,20H,11H2,1-3H3. The van der Waals surface area contributed by atoms with Crippen LogP contribution in [0.2, 0.25) is 5.02 Å². The van der Waals surface area contributed by atoms with Gasteiger partial charge in [-0.15, -0.1) is 0 Å². The van der Waals surface area contributed by atoms with Crippen LogP contribution in [0.1, 0.15) is 18.1 Å². The van der Waals surface area contributed by atoms with Gasteiger partial charge in [-0.2, -0.15) is 0 Å². The molecule has 4 nitrogen and oxygen atoms in total. The number of sulfonamides is 1. The van der Waals surface area contributed by atoms with Gasteiger partial charge in [0.25, 0.3) is 0 Å². The van der Waals surface area contributed by atoms with E-state index in [0.717, 1.165) is 0 Å². The summed E-state index contributed by atoms with van der Waals surface area (Å²) >= 11 is 5.99. The fourth-order valence-electron chi connectivity index (χ4n) is 2.36. The maximum absolute atomic E-state index is 14.1. The molecule has 7 heteroatoms. The molecule has 0 heterocycles. The molecule has 0 spiro atoms. The second kappa shape index (κ2) is 7.19. The molecular weight excluding hydrogens is 353 g/mol. The highest BCUT2D eigenvalue weighted by atomic mass is 35.5. The Morgan fingerprint density at radius 1 is 1.21 bits per heavy atom. The molecule has 130 valence electrons. The maximum atomic E-state index is 14.1. The van der Waals surface area contributed by atoms with Crippen molar-refractivity contribution in [2.24, 2.45) is 0 Å². The fraction of sp³-hybridized carbons (Fsp3) is 0.294. The van der Waals surface area contributed by atoms with Gasteiger partial charge < -0.3 is 4.74 Å². The highest BCUT2D eigenvalue weighted by molar-refractivity contribution is 7.89. The zero-order valence-corrected chi connectivity index (χ0v) is 15.2. The number of ether oxygens (including phenoxy) is 1. The highest BCUT2D eigenvalue weighted by Crippen LogP contribution is 2.28. The van der Waals surface area contributed by atoms with Crippen molar-refractivity contribution in [3.05, 3.63) is 64.4 Å². The molecule has 1 atom stereocenters. The van der Waals surface area contributed by atoms with Crippen molar-refractivity contribution in [1.29, 1.82) is 0 Å². The molecule has 2 rings (SSSR count). The summed E-state index contributed by atoms with van der Waals surface area (Å²) in [6.07, 6.45) is 0. The van der Waals surface area contributed by atoms with Crippen LogP contribution in [-0.2, 0) is 20.4 Å². The van der Waals surface area contributed by atoms with Crippen molar-refractivity contribution in [2.45, 2.75) is 24.3 Å². The van der Waals surface area contributed by atoms with Gasteiger partial charge in [-0.05, 0) is 37.6 Å². The first-order valence-corrected chi connectivity index (χ1v) is 9.12. The second-order valence-electron chi connectivity index (χ2n) is 5.60. The Morgan fingerprint density at radius 2 is 1.88 bits per heavy atom. The van der Waals surface area contributed by atoms with Gasteiger partial charge in [-0.3, -0.25) is 0 Å². The molecule has 0 bridgehead atoms. The van der Waals surface area contributed by atoms with Gasteiger partial charge in [0, 0.05) is 24.2 Å². The SMILES string of the molecule is COC(C)(CNS(=O)(=O)c1cccc(Cl)c1C)c1ccccc1F. The summed E-state index contributed by atoms with van der Waals surface area (Å²) in [6.45, 7) is 3.13. The smallest absolute Gasteiger partial charge is 0.240 e. The van der Waals surface area contributed by atoms with E-state index in [1.54, 1.807) is 44.2 Å². The molecule has 0 amide bonds. The summed E-state index contributed by atoms with van der Waals surface area (Å²) in [7, 11) is -2.41. The van der Waals surface area contributed by atoms with E-state index < -0.39 is 21.4 Å². The van der Waals surface area contributed by atoms with Crippen LogP contribution in [0.15, 0.2) is 47.4 Å². The quantitative estimate of drug-likeness (QED) is 0.843. The molecule has 0 saturated carbocycles. The van der Waals surface area contributed by atoms with Crippen LogP contribution >= 0.6 is 11.6 Å². The highest BCUT2D eigenvalue weighted by Gasteiger charge is 2.31. The van der Waals surface area contributed by atoms with Crippen molar-refractivity contribution >= 4 is 21.6 Å². The zero-order valence-electron chi connectivity index (χ0n) is 13.6. The molecule has 0 aliphatic carbocycles. The number of nitrogens with one attached hydrogen (secondary N) is 1. The average Bonchev–Trinajstić information content (AvgIpc) is 2.55. The Labute approximate surface area is 146 Å². The van der Waals surface area contributed by atoms with E-state index in [9.17, 15) is 12.8 Å². The molecule has 1 unspecified atom stereocenters. The van der Waals surface area contributed by atoms with E-state index in [1.165, 1.54) is 19.2 Å². The number of halogens is 2. The number of hydrogen-bond acceptors (Lipinski definition) is 3. The largest absolute Gasteiger partial charge is 0.372 e. The van der Waals surface area contributed by atoms with Gasteiger partial charge in [-0.25, -0.2) is 17.5 Å². The Bertz CT molecular complexity index is 841. The number of rotatable bonds is 6. The first-order chi connectivity index (χ1) is 11.2. The molecule has 2 aromatic rings. The lowest BCUT2D eigenvalue weighted by Crippen LogP contribution is -2.40. The molecule has 2 aromatic carbocycles. The minimum atomic E-state index is -3.81. The monoisotopic (exact) mass is 371 g/mol. The van der Waals surface area contributed by atoms with Crippen LogP contribution in [0.3, 0.4) is 0 Å². The van der Waals surface area contributed by atoms with E-state index in [4.69, 9.17) is 16.3 Å². The van der Waals surface area contributed by atoms with Gasteiger partial charge in [0.05, 0.1) is 4.90 Å². The normalized spacial score (nSPS) is 14.4. The molecular formula is C17H19ClFNO3S. The molecule has 0 aliphatic rings. The van der Waals surface area contributed by atoms with E-state index in [0.29, 0.717) is 10.6 Å². The lowest BCUT2D eigenvalue weighted by Gasteiger charge is -2.29. The lowest BCUT2D eigenvalue weighted by molar-refractivity contribution is 0.00410. The minimum Gasteiger partial charge on any atom is -0.372 e. The third kappa shape index (κ3) is 3.78. The molecule has 0 aromatic heterocycles. The van der Waals surface area contributed by atoms with Crippen molar-refractivity contribution in [3.8, 4) is 0 Å². The van der Waals surface area contributed by atoms with Crippen LogP contribution in [0, 0.1) is 12.7 Å². The molecule has 0 fully saturated rings. The number of hydrogen-bond donors (Lipinski definition) is 1. The predicted octanol–water partition coefficient (Wildman–Crippen LogP) is 3.63. The first-order valence-electron chi connectivity index (χ1n) is 7.26. The van der Waals surface area contributed by atoms with E-state index >= 15 is 0 Å². The summed E-state index contributed by atoms with van der Waals surface area (Å²) in [4.78, 5) is 0.0852. The third-order valence-corrected chi connectivity index (χ3v) is 5.96. The van der Waals surface area contributed by atoms with Crippen LogP contribution in [-0.4, -0.2) is 22.1 Å². The van der Waals surface area contributed by atoms with Crippen molar-refractivity contribution in [2.75, 3.05) is 13.7 Å². The summed E-state index contributed by atoms with van der Waals surface area (Å²) in [6, 6.07) is 10.8. The van der Waals surface area contributed by atoms with Gasteiger partial charge >= 0.3 is 0 Å². The number of methoxy groups -OCH3 is 1. The maximum Gasteiger partial charge on any atom is 0.240 e. The Hall–Kier alpha value is -1.47. The van der Waals surface area contributed by atoms with E-state index in [-0.39, 0.29) is 17.0 Å². The van der Waals surface area contributed by atoms with Crippen molar-refractivity contribution < 1.29 is 17.5 Å². The average molecular weight is 372 g/mol. The molecule has 0 radical (unpaired) electrons. The molecule has 0 saturated heterocycles. The van der Waals surface area contributed by atoms with Gasteiger partial charge in [0.2, 0.25) is 10.0 Å². The van der Waals surface area contributed by atoms with Crippen LogP contribution in [0.25, 0.3) is 0 Å². The number of benzene rings is 2. The predicted molar refractivity (Wildman–Crippen MR) is 92.1 cm³/mol. The van der Waals surface area contributed by atoms with E-state index in [1.807, 2.05) is 0 Å². The van der Waals surface area contributed by atoms with Crippen molar-refractivity contribution in [3.63, 3.8) is 0 Å². The van der Waals surface area contributed by atoms with Gasteiger partial charge in [0.15, 0.2) is 0 Å². The minimum absolute atomic E-state index is 0.0852. The summed E-state index contributed by atoms with van der Waals surface area (Å²) < 4.78 is 47.1. The van der Waals surface area contributed by atoms with Crippen molar-refractivity contribution in [1.82, 2.24) is 4.72 Å². The Morgan fingerprint density at radius 3 is 2.50 bits per heavy atom. The Kier molecular flexibility index (Phi) is 5.65. The van der Waals surface area contributed by atoms with Crippen LogP contribution in [0.5, 0.6) is 0 Å². The first kappa shape index (κ1) is 18.9. The summed E-state index contributed by atoms with van der Waals surface area (Å²) in [5, 5.41) is 0.362. The molecule has 24 heavy (non-hydrogen) atoms. The fourth-order valence-corrected chi connectivity index (χ4v) is 3.98. The summed E-state index contributed by atoms with van der Waals surface area (Å²) in [5.74, 6) is -0.458. The van der Waals surface area contributed by atoms with Gasteiger partial charge in [0.1, 0.15) is 11.4 Å². The summed E-state index contributed by atoms with van der Waals surface area (Å²) in [5.41, 5.74) is -0.417. The zero-order chi connectivity index (χ0) is 18.0. The second-order valence-corrected chi connectivity index (χ2v) is 7.74. The lowest BCUT2D eigenvalue weighted by atomic mass is 9.95. The van der Waals surface area contributed by atoms with Crippen LogP contribution < -0.4 is 4.72 Å². The molecule has 0 aliphatic heterocycles.